The van der Waals surface area contributed by atoms with Crippen molar-refractivity contribution in [3.63, 3.8) is 0 Å². The zero-order chi connectivity index (χ0) is 11.1. The van der Waals surface area contributed by atoms with E-state index >= 15 is 0 Å². The summed E-state index contributed by atoms with van der Waals surface area (Å²) in [6, 6.07) is 17.9. The predicted molar refractivity (Wildman–Crippen MR) is 64.0 cm³/mol. The van der Waals surface area contributed by atoms with E-state index in [0.717, 1.165) is 5.56 Å². The Morgan fingerprint density at radius 1 is 1.06 bits per heavy atom. The normalized spacial score (nSPS) is 9.94. The third kappa shape index (κ3) is 5.00. The van der Waals surface area contributed by atoms with Crippen LogP contribution < -0.4 is 0 Å². The van der Waals surface area contributed by atoms with E-state index < -0.39 is 0 Å². The van der Waals surface area contributed by atoms with Crippen LogP contribution in [-0.2, 0) is 27.0 Å². The van der Waals surface area contributed by atoms with Crippen molar-refractivity contribution in [1.29, 1.82) is 0 Å². The molecular formula is C13H15ClFeO. The van der Waals surface area contributed by atoms with E-state index in [0.29, 0.717) is 0 Å². The molecule has 0 atom stereocenters. The van der Waals surface area contributed by atoms with Crippen molar-refractivity contribution in [3.05, 3.63) is 60.2 Å². The summed E-state index contributed by atoms with van der Waals surface area (Å²) in [5, 5.41) is 0. The molecule has 0 saturated heterocycles. The molecule has 3 heteroatoms. The van der Waals surface area contributed by atoms with Crippen molar-refractivity contribution in [2.45, 2.75) is 19.4 Å². The van der Waals surface area contributed by atoms with Crippen molar-refractivity contribution in [2.24, 2.45) is 0 Å². The molecule has 2 aromatic carbocycles. The Labute approximate surface area is 113 Å². The molecule has 0 aliphatic heterocycles. The quantitative estimate of drug-likeness (QED) is 0.590. The predicted octanol–water partition coefficient (Wildman–Crippen LogP) is 4.21. The van der Waals surface area contributed by atoms with Crippen LogP contribution in [0.4, 0.5) is 0 Å². The van der Waals surface area contributed by atoms with Crippen LogP contribution in [0.5, 0.6) is 0 Å². The molecule has 2 rings (SSSR count). The van der Waals surface area contributed by atoms with Gasteiger partial charge >= 0.3 is 17.1 Å². The van der Waals surface area contributed by atoms with Gasteiger partial charge in [0.05, 0.1) is 17.5 Å². The number of hydrogen-bond donors (Lipinski definition) is 0. The van der Waals surface area contributed by atoms with Gasteiger partial charge in [0.25, 0.3) is 0 Å². The Morgan fingerprint density at radius 2 is 1.56 bits per heavy atom. The standard InChI is InChI=1S/C8H10ClO.C5H5.Fe/c1-8(2,10-9)7-5-3-4-6-7;1-2-4-5-3-1;/h3-6H,1-2H3;1-5H;/q2*-1;+2. The Bertz CT molecular complexity index is 321. The molecule has 0 aromatic heterocycles. The summed E-state index contributed by atoms with van der Waals surface area (Å²) in [6.45, 7) is 3.85. The van der Waals surface area contributed by atoms with Gasteiger partial charge in [-0.05, 0) is 13.8 Å². The maximum Gasteiger partial charge on any atom is 2.00 e. The van der Waals surface area contributed by atoms with Crippen LogP contribution in [0, 0.1) is 0 Å². The first-order valence-corrected chi connectivity index (χ1v) is 5.16. The van der Waals surface area contributed by atoms with Crippen LogP contribution in [0.1, 0.15) is 19.4 Å². The van der Waals surface area contributed by atoms with Gasteiger partial charge in [-0.3, -0.25) is 4.29 Å². The molecule has 16 heavy (non-hydrogen) atoms. The molecule has 0 N–H and O–H groups in total. The van der Waals surface area contributed by atoms with Gasteiger partial charge in [0.1, 0.15) is 0 Å². The Kier molecular flexibility index (Phi) is 7.44. The molecule has 0 bridgehead atoms. The van der Waals surface area contributed by atoms with Crippen molar-refractivity contribution in [3.8, 4) is 0 Å². The second-order valence-electron chi connectivity index (χ2n) is 3.72. The first-order valence-electron chi connectivity index (χ1n) is 4.85. The maximum atomic E-state index is 5.28. The second kappa shape index (κ2) is 7.70. The van der Waals surface area contributed by atoms with Crippen LogP contribution in [0.25, 0.3) is 0 Å². The van der Waals surface area contributed by atoms with Gasteiger partial charge in [0.2, 0.25) is 0 Å². The van der Waals surface area contributed by atoms with Crippen molar-refractivity contribution in [2.75, 3.05) is 0 Å². The second-order valence-corrected chi connectivity index (χ2v) is 3.88. The number of hydrogen-bond acceptors (Lipinski definition) is 1. The Balaban J connectivity index is 0.000000318. The van der Waals surface area contributed by atoms with Gasteiger partial charge in [0.15, 0.2) is 0 Å². The first kappa shape index (κ1) is 15.5. The Morgan fingerprint density at radius 3 is 1.88 bits per heavy atom. The SMILES string of the molecule is CC(C)(OCl)[c-]1cccc1.[Fe+2].c1cc[cH-]c1. The van der Waals surface area contributed by atoms with Crippen LogP contribution >= 0.6 is 11.9 Å². The average Bonchev–Trinajstić information content (AvgIpc) is 2.93. The van der Waals surface area contributed by atoms with Gasteiger partial charge in [-0.2, -0.15) is 30.3 Å². The molecule has 88 valence electrons. The number of rotatable bonds is 2. The van der Waals surface area contributed by atoms with Crippen LogP contribution in [-0.4, -0.2) is 0 Å². The summed E-state index contributed by atoms with van der Waals surface area (Å²) in [5.74, 6) is 0. The average molecular weight is 279 g/mol. The van der Waals surface area contributed by atoms with Crippen molar-refractivity contribution in [1.82, 2.24) is 0 Å². The minimum Gasteiger partial charge on any atom is -0.281 e. The molecule has 0 aliphatic carbocycles. The molecular weight excluding hydrogens is 263 g/mol. The summed E-state index contributed by atoms with van der Waals surface area (Å²) in [5.41, 5.74) is 0.730. The van der Waals surface area contributed by atoms with Gasteiger partial charge in [-0.1, -0.05) is 0 Å². The zero-order valence-corrected chi connectivity index (χ0v) is 11.2. The largest absolute Gasteiger partial charge is 2.00 e. The summed E-state index contributed by atoms with van der Waals surface area (Å²) >= 11 is 5.28. The summed E-state index contributed by atoms with van der Waals surface area (Å²) in [7, 11) is 0. The van der Waals surface area contributed by atoms with Crippen LogP contribution in [0.2, 0.25) is 0 Å². The van der Waals surface area contributed by atoms with E-state index in [1.807, 2.05) is 68.4 Å². The van der Waals surface area contributed by atoms with Crippen molar-refractivity contribution >= 4 is 11.9 Å². The topological polar surface area (TPSA) is 9.23 Å². The molecule has 0 aliphatic rings. The van der Waals surface area contributed by atoms with Gasteiger partial charge < -0.3 is 0 Å². The molecule has 0 radical (unpaired) electrons. The maximum absolute atomic E-state index is 5.28. The minimum absolute atomic E-state index is 0. The van der Waals surface area contributed by atoms with E-state index in [9.17, 15) is 0 Å². The fraction of sp³-hybridized carbons (Fsp3) is 0.231. The van der Waals surface area contributed by atoms with E-state index in [1.165, 1.54) is 0 Å². The Hall–Kier alpha value is -0.531. The molecule has 1 nitrogen and oxygen atoms in total. The van der Waals surface area contributed by atoms with Crippen LogP contribution in [0.15, 0.2) is 54.6 Å². The zero-order valence-electron chi connectivity index (χ0n) is 9.34. The molecule has 0 fully saturated rings. The van der Waals surface area contributed by atoms with E-state index in [4.69, 9.17) is 16.2 Å². The molecule has 0 spiro atoms. The summed E-state index contributed by atoms with van der Waals surface area (Å²) in [4.78, 5) is 0. The number of halogens is 1. The summed E-state index contributed by atoms with van der Waals surface area (Å²) in [6.07, 6.45) is 0. The molecule has 0 amide bonds. The summed E-state index contributed by atoms with van der Waals surface area (Å²) < 4.78 is 4.75. The smallest absolute Gasteiger partial charge is 0.281 e. The van der Waals surface area contributed by atoms with Gasteiger partial charge in [-0.25, -0.2) is 24.3 Å². The molecule has 0 unspecified atom stereocenters. The fourth-order valence-electron chi connectivity index (χ4n) is 1.14. The molecule has 0 heterocycles. The minimum atomic E-state index is -0.370. The first-order chi connectivity index (χ1) is 7.17. The third-order valence-corrected chi connectivity index (χ3v) is 2.49. The molecule has 2 aromatic rings. The third-order valence-electron chi connectivity index (χ3n) is 2.11. The van der Waals surface area contributed by atoms with Gasteiger partial charge in [0, 0.05) is 0 Å². The van der Waals surface area contributed by atoms with E-state index in [1.54, 1.807) is 0 Å². The van der Waals surface area contributed by atoms with Crippen LogP contribution in [0.3, 0.4) is 0 Å². The van der Waals surface area contributed by atoms with Crippen molar-refractivity contribution < 1.29 is 21.4 Å². The van der Waals surface area contributed by atoms with Gasteiger partial charge in [-0.15, -0.1) is 5.56 Å². The monoisotopic (exact) mass is 278 g/mol. The molecule has 0 saturated carbocycles. The fourth-order valence-corrected chi connectivity index (χ4v) is 1.23. The van der Waals surface area contributed by atoms with E-state index in [-0.39, 0.29) is 22.7 Å². The van der Waals surface area contributed by atoms with E-state index in [2.05, 4.69) is 0 Å².